The maximum atomic E-state index is 12.3. The van der Waals surface area contributed by atoms with Gasteiger partial charge in [-0.05, 0) is 30.2 Å². The van der Waals surface area contributed by atoms with Crippen LogP contribution in [0.25, 0.3) is 0 Å². The van der Waals surface area contributed by atoms with E-state index in [-0.39, 0.29) is 22.9 Å². The molecule has 0 aromatic heterocycles. The molecule has 7 nitrogen and oxygen atoms in total. The Kier molecular flexibility index (Phi) is 6.35. The number of nitrogens with two attached hydrogens (primary N) is 1. The molecule has 8 heteroatoms. The molecule has 0 spiro atoms. The highest BCUT2D eigenvalue weighted by atomic mass is 32.2. The summed E-state index contributed by atoms with van der Waals surface area (Å²) in [7, 11) is 1.69. The summed E-state index contributed by atoms with van der Waals surface area (Å²) in [5.41, 5.74) is 7.12. The molecule has 0 aliphatic carbocycles. The van der Waals surface area contributed by atoms with E-state index in [0.717, 1.165) is 29.0 Å². The Morgan fingerprint density at radius 1 is 1.23 bits per heavy atom. The second-order valence-corrected chi connectivity index (χ2v) is 6.79. The number of nitrogens with zero attached hydrogens (tertiary/aromatic N) is 2. The highest BCUT2D eigenvalue weighted by Crippen LogP contribution is 2.30. The van der Waals surface area contributed by atoms with Crippen molar-refractivity contribution in [2.45, 2.75) is 18.4 Å². The first kappa shape index (κ1) is 19.5. The highest BCUT2D eigenvalue weighted by Gasteiger charge is 2.19. The van der Waals surface area contributed by atoms with Crippen molar-refractivity contribution in [1.29, 1.82) is 0 Å². The summed E-state index contributed by atoms with van der Waals surface area (Å²) in [5, 5.41) is 11.2. The normalized spacial score (nSPS) is 10.4. The Morgan fingerprint density at radius 3 is 2.54 bits per heavy atom. The molecule has 0 radical (unpaired) electrons. The smallest absolute Gasteiger partial charge is 0.283 e. The average molecular weight is 373 g/mol. The summed E-state index contributed by atoms with van der Waals surface area (Å²) in [4.78, 5) is 36.0. The standard InChI is InChI=1S/C18H19N3O4S/c1-12-5-3-4-6-14(12)10-20(2)17(22)11-26-16-8-7-13(18(19)23)9-15(16)21(24)25/h3-9H,10-11H2,1-2H3,(H2,19,23). The van der Waals surface area contributed by atoms with E-state index in [9.17, 15) is 19.7 Å². The number of nitro groups is 1. The zero-order valence-electron chi connectivity index (χ0n) is 14.5. The van der Waals surface area contributed by atoms with Crippen LogP contribution < -0.4 is 5.73 Å². The molecule has 2 N–H and O–H groups in total. The molecule has 2 aromatic carbocycles. The van der Waals surface area contributed by atoms with E-state index in [0.29, 0.717) is 11.4 Å². The largest absolute Gasteiger partial charge is 0.366 e. The van der Waals surface area contributed by atoms with Gasteiger partial charge in [0.05, 0.1) is 15.6 Å². The average Bonchev–Trinajstić information content (AvgIpc) is 2.61. The number of aryl methyl sites for hydroxylation is 1. The summed E-state index contributed by atoms with van der Waals surface area (Å²) >= 11 is 1.06. The molecule has 136 valence electrons. The van der Waals surface area contributed by atoms with Crippen molar-refractivity contribution in [3.05, 3.63) is 69.3 Å². The molecule has 0 saturated carbocycles. The zero-order valence-corrected chi connectivity index (χ0v) is 15.3. The van der Waals surface area contributed by atoms with Gasteiger partial charge in [-0.2, -0.15) is 0 Å². The lowest BCUT2D eigenvalue weighted by Crippen LogP contribution is -2.28. The number of carbonyl (C=O) groups is 2. The second kappa shape index (κ2) is 8.48. The fraction of sp³-hybridized carbons (Fsp3) is 0.222. The van der Waals surface area contributed by atoms with Gasteiger partial charge < -0.3 is 10.6 Å². The molecular formula is C18H19N3O4S. The van der Waals surface area contributed by atoms with Crippen LogP contribution in [0, 0.1) is 17.0 Å². The number of benzene rings is 2. The van der Waals surface area contributed by atoms with Crippen LogP contribution in [-0.2, 0) is 11.3 Å². The third-order valence-corrected chi connectivity index (χ3v) is 4.93. The third-order valence-electron chi connectivity index (χ3n) is 3.89. The van der Waals surface area contributed by atoms with E-state index in [1.54, 1.807) is 11.9 Å². The van der Waals surface area contributed by atoms with Gasteiger partial charge in [-0.1, -0.05) is 24.3 Å². The molecule has 0 heterocycles. The Morgan fingerprint density at radius 2 is 1.92 bits per heavy atom. The van der Waals surface area contributed by atoms with Crippen LogP contribution in [0.4, 0.5) is 5.69 Å². The molecule has 0 aliphatic heterocycles. The van der Waals surface area contributed by atoms with E-state index in [4.69, 9.17) is 5.73 Å². The zero-order chi connectivity index (χ0) is 19.3. The molecule has 2 rings (SSSR count). The lowest BCUT2D eigenvalue weighted by Gasteiger charge is -2.18. The number of amides is 2. The second-order valence-electron chi connectivity index (χ2n) is 5.77. The number of hydrogen-bond donors (Lipinski definition) is 1. The molecular weight excluding hydrogens is 354 g/mol. The summed E-state index contributed by atoms with van der Waals surface area (Å²) < 4.78 is 0. The Hall–Kier alpha value is -2.87. The molecule has 0 fully saturated rings. The fourth-order valence-corrected chi connectivity index (χ4v) is 3.26. The molecule has 26 heavy (non-hydrogen) atoms. The first-order valence-electron chi connectivity index (χ1n) is 7.79. The molecule has 0 unspecified atom stereocenters. The first-order valence-corrected chi connectivity index (χ1v) is 8.77. The lowest BCUT2D eigenvalue weighted by atomic mass is 10.1. The van der Waals surface area contributed by atoms with Gasteiger partial charge in [-0.3, -0.25) is 19.7 Å². The minimum Gasteiger partial charge on any atom is -0.366 e. The maximum Gasteiger partial charge on any atom is 0.283 e. The van der Waals surface area contributed by atoms with Gasteiger partial charge >= 0.3 is 0 Å². The third kappa shape index (κ3) is 4.82. The summed E-state index contributed by atoms with van der Waals surface area (Å²) in [6.07, 6.45) is 0. The minimum atomic E-state index is -0.737. The van der Waals surface area contributed by atoms with E-state index in [1.165, 1.54) is 12.1 Å². The number of primary amides is 1. The van der Waals surface area contributed by atoms with Crippen LogP contribution in [0.3, 0.4) is 0 Å². The molecule has 0 aliphatic rings. The number of thioether (sulfide) groups is 1. The molecule has 2 aromatic rings. The molecule has 0 saturated heterocycles. The maximum absolute atomic E-state index is 12.3. The predicted octanol–water partition coefficient (Wildman–Crippen LogP) is 2.75. The van der Waals surface area contributed by atoms with Gasteiger partial charge in [0, 0.05) is 25.2 Å². The van der Waals surface area contributed by atoms with Gasteiger partial charge in [0.2, 0.25) is 11.8 Å². The van der Waals surface area contributed by atoms with E-state index in [1.807, 2.05) is 31.2 Å². The van der Waals surface area contributed by atoms with E-state index >= 15 is 0 Å². The Bertz CT molecular complexity index is 854. The van der Waals surface area contributed by atoms with Crippen molar-refractivity contribution >= 4 is 29.3 Å². The summed E-state index contributed by atoms with van der Waals surface area (Å²) in [6.45, 7) is 2.45. The quantitative estimate of drug-likeness (QED) is 0.456. The molecule has 2 amide bonds. The van der Waals surface area contributed by atoms with Gasteiger partial charge in [0.15, 0.2) is 0 Å². The lowest BCUT2D eigenvalue weighted by molar-refractivity contribution is -0.387. The van der Waals surface area contributed by atoms with Gasteiger partial charge in [0.25, 0.3) is 5.69 Å². The fourth-order valence-electron chi connectivity index (χ4n) is 2.32. The topological polar surface area (TPSA) is 107 Å². The number of hydrogen-bond acceptors (Lipinski definition) is 5. The van der Waals surface area contributed by atoms with Crippen molar-refractivity contribution < 1.29 is 14.5 Å². The van der Waals surface area contributed by atoms with Gasteiger partial charge in [-0.25, -0.2) is 0 Å². The summed E-state index contributed by atoms with van der Waals surface area (Å²) in [6, 6.07) is 11.8. The van der Waals surface area contributed by atoms with Crippen LogP contribution in [0.5, 0.6) is 0 Å². The highest BCUT2D eigenvalue weighted by molar-refractivity contribution is 8.00. The Balaban J connectivity index is 2.05. The van der Waals surface area contributed by atoms with Crippen molar-refractivity contribution in [3.8, 4) is 0 Å². The van der Waals surface area contributed by atoms with Crippen LogP contribution in [0.15, 0.2) is 47.4 Å². The van der Waals surface area contributed by atoms with Crippen LogP contribution in [-0.4, -0.2) is 34.4 Å². The molecule has 0 atom stereocenters. The van der Waals surface area contributed by atoms with Crippen molar-refractivity contribution in [2.24, 2.45) is 5.73 Å². The number of carbonyl (C=O) groups excluding carboxylic acids is 2. The minimum absolute atomic E-state index is 0.0547. The van der Waals surface area contributed by atoms with Crippen LogP contribution in [0.1, 0.15) is 21.5 Å². The Labute approximate surface area is 155 Å². The van der Waals surface area contributed by atoms with Crippen molar-refractivity contribution in [1.82, 2.24) is 4.90 Å². The monoisotopic (exact) mass is 373 g/mol. The van der Waals surface area contributed by atoms with Gasteiger partial charge in [-0.15, -0.1) is 11.8 Å². The summed E-state index contributed by atoms with van der Waals surface area (Å²) in [5.74, 6) is -0.829. The van der Waals surface area contributed by atoms with Crippen LogP contribution >= 0.6 is 11.8 Å². The van der Waals surface area contributed by atoms with Crippen molar-refractivity contribution in [3.63, 3.8) is 0 Å². The van der Waals surface area contributed by atoms with Crippen molar-refractivity contribution in [2.75, 3.05) is 12.8 Å². The first-order chi connectivity index (χ1) is 12.3. The van der Waals surface area contributed by atoms with Gasteiger partial charge in [0.1, 0.15) is 0 Å². The SMILES string of the molecule is Cc1ccccc1CN(C)C(=O)CSc1ccc(C(N)=O)cc1[N+](=O)[O-]. The van der Waals surface area contributed by atoms with E-state index in [2.05, 4.69) is 0 Å². The predicted molar refractivity (Wildman–Crippen MR) is 100.0 cm³/mol. The van der Waals surface area contributed by atoms with E-state index < -0.39 is 10.8 Å². The molecule has 0 bridgehead atoms. The van der Waals surface area contributed by atoms with Crippen LogP contribution in [0.2, 0.25) is 0 Å². The number of nitro benzene ring substituents is 1. The number of rotatable bonds is 7.